The van der Waals surface area contributed by atoms with Gasteiger partial charge in [0.05, 0.1) is 6.54 Å². The maximum atomic E-state index is 5.94. The normalized spacial score (nSPS) is 10.6. The number of rotatable bonds is 5. The molecule has 3 aromatic rings. The molecule has 0 fully saturated rings. The van der Waals surface area contributed by atoms with Crippen LogP contribution in [0.4, 0.5) is 0 Å². The summed E-state index contributed by atoms with van der Waals surface area (Å²) in [5, 5.41) is 5.10. The van der Waals surface area contributed by atoms with Gasteiger partial charge in [0.2, 0.25) is 0 Å². The van der Waals surface area contributed by atoms with Crippen LogP contribution >= 0.6 is 11.6 Å². The van der Waals surface area contributed by atoms with E-state index >= 15 is 0 Å². The molecule has 1 heterocycles. The van der Waals surface area contributed by atoms with Crippen molar-refractivity contribution in [2.24, 2.45) is 0 Å². The number of benzene rings is 2. The minimum atomic E-state index is 0.503. The van der Waals surface area contributed by atoms with Crippen LogP contribution in [0.25, 0.3) is 11.4 Å². The lowest BCUT2D eigenvalue weighted by atomic mass is 10.2. The van der Waals surface area contributed by atoms with Crippen LogP contribution in [0.1, 0.15) is 5.82 Å². The van der Waals surface area contributed by atoms with Crippen molar-refractivity contribution in [1.29, 1.82) is 0 Å². The third-order valence-corrected chi connectivity index (χ3v) is 3.41. The number of hydrogen-bond acceptors (Lipinski definition) is 3. The van der Waals surface area contributed by atoms with Gasteiger partial charge in [-0.2, -0.15) is 5.10 Å². The second kappa shape index (κ2) is 6.62. The van der Waals surface area contributed by atoms with Crippen LogP contribution in [0.2, 0.25) is 5.02 Å². The fourth-order valence-electron chi connectivity index (χ4n) is 2.22. The summed E-state index contributed by atoms with van der Waals surface area (Å²) in [4.78, 5) is 4.50. The topological polar surface area (TPSA) is 39.9 Å². The quantitative estimate of drug-likeness (QED) is 0.715. The Morgan fingerprint density at radius 1 is 1.09 bits per heavy atom. The minimum Gasteiger partial charge on any atom is -0.492 e. The van der Waals surface area contributed by atoms with Crippen LogP contribution in [-0.4, -0.2) is 21.4 Å². The maximum absolute atomic E-state index is 5.94. The number of nitrogens with zero attached hydrogens (tertiary/aromatic N) is 3. The average Bonchev–Trinajstić information content (AvgIpc) is 2.89. The van der Waals surface area contributed by atoms with E-state index in [-0.39, 0.29) is 0 Å². The van der Waals surface area contributed by atoms with E-state index in [9.17, 15) is 0 Å². The van der Waals surface area contributed by atoms with Gasteiger partial charge in [-0.1, -0.05) is 48.0 Å². The zero-order valence-corrected chi connectivity index (χ0v) is 13.0. The molecule has 0 atom stereocenters. The summed E-state index contributed by atoms with van der Waals surface area (Å²) in [5.74, 6) is 2.36. The fourth-order valence-corrected chi connectivity index (χ4v) is 2.40. The van der Waals surface area contributed by atoms with E-state index in [1.54, 1.807) is 6.07 Å². The Morgan fingerprint density at radius 3 is 2.68 bits per heavy atom. The number of hydrogen-bond donors (Lipinski definition) is 0. The maximum Gasteiger partial charge on any atom is 0.158 e. The van der Waals surface area contributed by atoms with E-state index in [2.05, 4.69) is 10.1 Å². The third-order valence-electron chi connectivity index (χ3n) is 3.18. The molecule has 0 aliphatic heterocycles. The molecule has 22 heavy (non-hydrogen) atoms. The average molecular weight is 314 g/mol. The van der Waals surface area contributed by atoms with Gasteiger partial charge in [-0.3, -0.25) is 0 Å². The number of aryl methyl sites for hydroxylation is 1. The van der Waals surface area contributed by atoms with E-state index < -0.39 is 0 Å². The molecule has 5 heteroatoms. The van der Waals surface area contributed by atoms with Gasteiger partial charge in [-0.25, -0.2) is 9.67 Å². The van der Waals surface area contributed by atoms with Crippen molar-refractivity contribution in [2.45, 2.75) is 13.5 Å². The van der Waals surface area contributed by atoms with Crippen molar-refractivity contribution in [3.63, 3.8) is 0 Å². The summed E-state index contributed by atoms with van der Waals surface area (Å²) in [6.07, 6.45) is 0. The molecule has 0 N–H and O–H groups in total. The van der Waals surface area contributed by atoms with Gasteiger partial charge >= 0.3 is 0 Å². The summed E-state index contributed by atoms with van der Waals surface area (Å²) in [6.45, 7) is 3.02. The summed E-state index contributed by atoms with van der Waals surface area (Å²) < 4.78 is 7.59. The van der Waals surface area contributed by atoms with Gasteiger partial charge in [-0.05, 0) is 25.1 Å². The second-order valence-corrected chi connectivity index (χ2v) is 5.31. The van der Waals surface area contributed by atoms with Crippen molar-refractivity contribution >= 4 is 11.6 Å². The molecule has 3 rings (SSSR count). The molecule has 0 saturated heterocycles. The zero-order valence-electron chi connectivity index (χ0n) is 12.2. The summed E-state index contributed by atoms with van der Waals surface area (Å²) in [5.41, 5.74) is 1.05. The monoisotopic (exact) mass is 313 g/mol. The van der Waals surface area contributed by atoms with E-state index in [0.717, 1.165) is 23.0 Å². The molecule has 0 spiro atoms. The van der Waals surface area contributed by atoms with Gasteiger partial charge in [0.1, 0.15) is 18.2 Å². The Morgan fingerprint density at radius 2 is 1.91 bits per heavy atom. The first-order chi connectivity index (χ1) is 10.7. The molecule has 0 saturated carbocycles. The first-order valence-electron chi connectivity index (χ1n) is 7.07. The van der Waals surface area contributed by atoms with E-state index in [0.29, 0.717) is 18.2 Å². The van der Waals surface area contributed by atoms with E-state index in [1.807, 2.05) is 60.1 Å². The van der Waals surface area contributed by atoms with Crippen LogP contribution in [0.3, 0.4) is 0 Å². The van der Waals surface area contributed by atoms with Gasteiger partial charge in [0, 0.05) is 10.6 Å². The molecular weight excluding hydrogens is 298 g/mol. The first-order valence-corrected chi connectivity index (χ1v) is 7.45. The van der Waals surface area contributed by atoms with Gasteiger partial charge in [0.15, 0.2) is 5.82 Å². The highest BCUT2D eigenvalue weighted by Crippen LogP contribution is 2.18. The Labute approximate surface area is 134 Å². The molecule has 0 bridgehead atoms. The van der Waals surface area contributed by atoms with Crippen LogP contribution < -0.4 is 4.74 Å². The van der Waals surface area contributed by atoms with Crippen molar-refractivity contribution in [1.82, 2.24) is 14.8 Å². The third kappa shape index (κ3) is 3.46. The Bertz CT molecular complexity index is 756. The molecule has 4 nitrogen and oxygen atoms in total. The SMILES string of the molecule is Cc1nc(-c2ccccc2)n(CCOc2cccc(Cl)c2)n1. The van der Waals surface area contributed by atoms with Crippen LogP contribution in [0.15, 0.2) is 54.6 Å². The standard InChI is InChI=1S/C17H16ClN3O/c1-13-19-17(14-6-3-2-4-7-14)21(20-13)10-11-22-16-9-5-8-15(18)12-16/h2-9,12H,10-11H2,1H3. The smallest absolute Gasteiger partial charge is 0.158 e. The van der Waals surface area contributed by atoms with Crippen LogP contribution in [0, 0.1) is 6.92 Å². The number of halogens is 1. The fraction of sp³-hybridized carbons (Fsp3) is 0.176. The zero-order chi connectivity index (χ0) is 15.4. The molecule has 1 aromatic heterocycles. The highest BCUT2D eigenvalue weighted by molar-refractivity contribution is 6.30. The van der Waals surface area contributed by atoms with E-state index in [1.165, 1.54) is 0 Å². The Kier molecular flexibility index (Phi) is 4.39. The Balaban J connectivity index is 1.71. The second-order valence-electron chi connectivity index (χ2n) is 4.88. The predicted octanol–water partition coefficient (Wildman–Crippen LogP) is 3.99. The van der Waals surface area contributed by atoms with Crippen molar-refractivity contribution in [3.05, 3.63) is 65.4 Å². The van der Waals surface area contributed by atoms with Gasteiger partial charge in [0.25, 0.3) is 0 Å². The molecule has 112 valence electrons. The minimum absolute atomic E-state index is 0.503. The lowest BCUT2D eigenvalue weighted by molar-refractivity contribution is 0.292. The van der Waals surface area contributed by atoms with Gasteiger partial charge in [-0.15, -0.1) is 0 Å². The van der Waals surface area contributed by atoms with Crippen LogP contribution in [-0.2, 0) is 6.54 Å². The molecule has 0 aliphatic rings. The highest BCUT2D eigenvalue weighted by Gasteiger charge is 2.09. The highest BCUT2D eigenvalue weighted by atomic mass is 35.5. The Hall–Kier alpha value is -2.33. The lowest BCUT2D eigenvalue weighted by Crippen LogP contribution is -2.11. The number of ether oxygens (including phenoxy) is 1. The predicted molar refractivity (Wildman–Crippen MR) is 87.1 cm³/mol. The summed E-state index contributed by atoms with van der Waals surface area (Å²) >= 11 is 5.94. The molecule has 2 aromatic carbocycles. The van der Waals surface area contributed by atoms with Crippen LogP contribution in [0.5, 0.6) is 5.75 Å². The molecule has 0 amide bonds. The largest absolute Gasteiger partial charge is 0.492 e. The molecule has 0 aliphatic carbocycles. The summed E-state index contributed by atoms with van der Waals surface area (Å²) in [6, 6.07) is 17.4. The van der Waals surface area contributed by atoms with Crippen molar-refractivity contribution in [3.8, 4) is 17.1 Å². The lowest BCUT2D eigenvalue weighted by Gasteiger charge is -2.08. The first kappa shape index (κ1) is 14.6. The summed E-state index contributed by atoms with van der Waals surface area (Å²) in [7, 11) is 0. The van der Waals surface area contributed by atoms with Crippen molar-refractivity contribution < 1.29 is 4.74 Å². The molecule has 0 radical (unpaired) electrons. The molecular formula is C17H16ClN3O. The van der Waals surface area contributed by atoms with E-state index in [4.69, 9.17) is 16.3 Å². The number of aromatic nitrogens is 3. The van der Waals surface area contributed by atoms with Gasteiger partial charge < -0.3 is 4.74 Å². The molecule has 0 unspecified atom stereocenters. The van der Waals surface area contributed by atoms with Crippen molar-refractivity contribution in [2.75, 3.05) is 6.61 Å².